The number of rotatable bonds is 4. The van der Waals surface area contributed by atoms with Crippen LogP contribution in [0.4, 0.5) is 17.6 Å². The molecule has 0 radical (unpaired) electrons. The maximum absolute atomic E-state index is 6.05. The molecule has 0 atom stereocenters. The second kappa shape index (κ2) is 7.52. The summed E-state index contributed by atoms with van der Waals surface area (Å²) in [5.41, 5.74) is 8.10. The van der Waals surface area contributed by atoms with Crippen molar-refractivity contribution in [3.05, 3.63) is 60.7 Å². The van der Waals surface area contributed by atoms with Gasteiger partial charge in [-0.3, -0.25) is 0 Å². The summed E-state index contributed by atoms with van der Waals surface area (Å²) in [6, 6.07) is 20.6. The molecular weight excluding hydrogens is 322 g/mol. The lowest BCUT2D eigenvalue weighted by Crippen LogP contribution is -2.34. The van der Waals surface area contributed by atoms with Gasteiger partial charge in [0.2, 0.25) is 11.9 Å². The Hall–Kier alpha value is -2.95. The summed E-state index contributed by atoms with van der Waals surface area (Å²) in [7, 11) is 0. The summed E-state index contributed by atoms with van der Waals surface area (Å²) in [4.78, 5) is 15.9. The number of nitrogen functional groups attached to an aromatic ring is 1. The second-order valence-electron chi connectivity index (χ2n) is 6.68. The fraction of sp³-hybridized carbons (Fsp3) is 0.286. The number of nitrogens with two attached hydrogens (primary N) is 1. The van der Waals surface area contributed by atoms with Crippen molar-refractivity contribution in [2.45, 2.75) is 38.1 Å². The van der Waals surface area contributed by atoms with Crippen molar-refractivity contribution in [3.63, 3.8) is 0 Å². The van der Waals surface area contributed by atoms with E-state index in [1.165, 1.54) is 19.3 Å². The number of hydrogen-bond acceptors (Lipinski definition) is 5. The second-order valence-corrected chi connectivity index (χ2v) is 6.68. The number of benzene rings is 2. The zero-order chi connectivity index (χ0) is 17.8. The van der Waals surface area contributed by atoms with Gasteiger partial charge in [0.15, 0.2) is 5.82 Å². The lowest BCUT2D eigenvalue weighted by molar-refractivity contribution is 0.433. The Morgan fingerprint density at radius 3 is 2.12 bits per heavy atom. The SMILES string of the molecule is Nc1nc(-c2ccccc2)nc(N(c2ccccc2)C2CCCCC2)n1. The number of para-hydroxylation sites is 1. The van der Waals surface area contributed by atoms with Crippen molar-refractivity contribution in [1.29, 1.82) is 0 Å². The molecule has 5 nitrogen and oxygen atoms in total. The molecule has 1 aromatic heterocycles. The van der Waals surface area contributed by atoms with Crippen LogP contribution in [0.5, 0.6) is 0 Å². The van der Waals surface area contributed by atoms with Crippen molar-refractivity contribution in [2.75, 3.05) is 10.6 Å². The summed E-state index contributed by atoms with van der Waals surface area (Å²) >= 11 is 0. The highest BCUT2D eigenvalue weighted by Crippen LogP contribution is 2.33. The molecular formula is C21H23N5. The van der Waals surface area contributed by atoms with Crippen molar-refractivity contribution in [3.8, 4) is 11.4 Å². The van der Waals surface area contributed by atoms with E-state index in [-0.39, 0.29) is 5.95 Å². The minimum atomic E-state index is 0.255. The molecule has 0 spiro atoms. The van der Waals surface area contributed by atoms with E-state index in [2.05, 4.69) is 27.0 Å². The Labute approximate surface area is 153 Å². The Morgan fingerprint density at radius 2 is 1.42 bits per heavy atom. The van der Waals surface area contributed by atoms with Gasteiger partial charge in [-0.2, -0.15) is 15.0 Å². The first-order valence-electron chi connectivity index (χ1n) is 9.22. The maximum atomic E-state index is 6.05. The molecule has 26 heavy (non-hydrogen) atoms. The fourth-order valence-electron chi connectivity index (χ4n) is 3.62. The van der Waals surface area contributed by atoms with Crippen LogP contribution in [0, 0.1) is 0 Å². The predicted octanol–water partition coefficient (Wildman–Crippen LogP) is 4.59. The van der Waals surface area contributed by atoms with E-state index in [1.807, 2.05) is 48.5 Å². The van der Waals surface area contributed by atoms with Crippen LogP contribution in [0.1, 0.15) is 32.1 Å². The molecule has 0 unspecified atom stereocenters. The first kappa shape index (κ1) is 16.5. The zero-order valence-corrected chi connectivity index (χ0v) is 14.8. The summed E-state index contributed by atoms with van der Waals surface area (Å²) in [5.74, 6) is 1.50. The number of nitrogens with zero attached hydrogens (tertiary/aromatic N) is 4. The van der Waals surface area contributed by atoms with Gasteiger partial charge in [0.05, 0.1) is 0 Å². The van der Waals surface area contributed by atoms with Gasteiger partial charge in [-0.1, -0.05) is 67.8 Å². The molecule has 132 valence electrons. The summed E-state index contributed by atoms with van der Waals surface area (Å²) < 4.78 is 0. The maximum Gasteiger partial charge on any atom is 0.235 e. The quantitative estimate of drug-likeness (QED) is 0.749. The number of anilines is 3. The van der Waals surface area contributed by atoms with Crippen molar-refractivity contribution in [1.82, 2.24) is 15.0 Å². The van der Waals surface area contributed by atoms with Crippen LogP contribution in [-0.4, -0.2) is 21.0 Å². The van der Waals surface area contributed by atoms with Gasteiger partial charge in [-0.05, 0) is 25.0 Å². The van der Waals surface area contributed by atoms with Gasteiger partial charge in [0.25, 0.3) is 0 Å². The van der Waals surface area contributed by atoms with Crippen LogP contribution < -0.4 is 10.6 Å². The Morgan fingerprint density at radius 1 is 0.769 bits per heavy atom. The summed E-state index contributed by atoms with van der Waals surface area (Å²) in [5, 5.41) is 0. The topological polar surface area (TPSA) is 67.9 Å². The van der Waals surface area contributed by atoms with Crippen LogP contribution in [0.2, 0.25) is 0 Å². The number of aromatic nitrogens is 3. The Balaban J connectivity index is 1.79. The van der Waals surface area contributed by atoms with Crippen LogP contribution in [0.3, 0.4) is 0 Å². The molecule has 4 rings (SSSR count). The van der Waals surface area contributed by atoms with Gasteiger partial charge in [-0.15, -0.1) is 0 Å². The Kier molecular flexibility index (Phi) is 4.78. The van der Waals surface area contributed by atoms with E-state index in [9.17, 15) is 0 Å². The first-order chi connectivity index (χ1) is 12.8. The average molecular weight is 345 g/mol. The molecule has 1 aliphatic carbocycles. The summed E-state index contributed by atoms with van der Waals surface area (Å²) in [6.45, 7) is 0. The van der Waals surface area contributed by atoms with Gasteiger partial charge in [0, 0.05) is 17.3 Å². The molecule has 0 bridgehead atoms. The molecule has 0 amide bonds. The molecule has 5 heteroatoms. The lowest BCUT2D eigenvalue weighted by Gasteiger charge is -2.34. The van der Waals surface area contributed by atoms with Crippen LogP contribution in [0.25, 0.3) is 11.4 Å². The van der Waals surface area contributed by atoms with Crippen LogP contribution >= 0.6 is 0 Å². The number of hydrogen-bond donors (Lipinski definition) is 1. The van der Waals surface area contributed by atoms with Gasteiger partial charge < -0.3 is 10.6 Å². The smallest absolute Gasteiger partial charge is 0.235 e. The van der Waals surface area contributed by atoms with Crippen LogP contribution in [0.15, 0.2) is 60.7 Å². The van der Waals surface area contributed by atoms with Gasteiger partial charge in [0.1, 0.15) is 0 Å². The highest BCUT2D eigenvalue weighted by atomic mass is 15.3. The molecule has 0 saturated heterocycles. The minimum Gasteiger partial charge on any atom is -0.368 e. The zero-order valence-electron chi connectivity index (χ0n) is 14.8. The normalized spacial score (nSPS) is 14.9. The molecule has 0 aliphatic heterocycles. The monoisotopic (exact) mass is 345 g/mol. The molecule has 1 saturated carbocycles. The first-order valence-corrected chi connectivity index (χ1v) is 9.22. The highest BCUT2D eigenvalue weighted by molar-refractivity contribution is 5.63. The fourth-order valence-corrected chi connectivity index (χ4v) is 3.62. The van der Waals surface area contributed by atoms with Gasteiger partial charge >= 0.3 is 0 Å². The van der Waals surface area contributed by atoms with E-state index in [4.69, 9.17) is 10.7 Å². The largest absolute Gasteiger partial charge is 0.368 e. The molecule has 2 aromatic carbocycles. The van der Waals surface area contributed by atoms with E-state index in [1.54, 1.807) is 0 Å². The van der Waals surface area contributed by atoms with Gasteiger partial charge in [-0.25, -0.2) is 0 Å². The Bertz CT molecular complexity index is 845. The predicted molar refractivity (Wildman–Crippen MR) is 105 cm³/mol. The third-order valence-electron chi connectivity index (χ3n) is 4.86. The molecule has 2 N–H and O–H groups in total. The third-order valence-corrected chi connectivity index (χ3v) is 4.86. The van der Waals surface area contributed by atoms with E-state index >= 15 is 0 Å². The van der Waals surface area contributed by atoms with Crippen molar-refractivity contribution >= 4 is 17.6 Å². The highest BCUT2D eigenvalue weighted by Gasteiger charge is 2.25. The van der Waals surface area contributed by atoms with E-state index < -0.39 is 0 Å². The average Bonchev–Trinajstić information content (AvgIpc) is 2.70. The van der Waals surface area contributed by atoms with Crippen LogP contribution in [-0.2, 0) is 0 Å². The molecule has 3 aromatic rings. The van der Waals surface area contributed by atoms with E-state index in [0.717, 1.165) is 24.1 Å². The summed E-state index contributed by atoms with van der Waals surface area (Å²) in [6.07, 6.45) is 6.05. The van der Waals surface area contributed by atoms with Crippen molar-refractivity contribution < 1.29 is 0 Å². The lowest BCUT2D eigenvalue weighted by atomic mass is 9.94. The molecule has 1 heterocycles. The molecule has 1 aliphatic rings. The van der Waals surface area contributed by atoms with Crippen molar-refractivity contribution in [2.24, 2.45) is 0 Å². The minimum absolute atomic E-state index is 0.255. The standard InChI is InChI=1S/C21H23N5/c22-20-23-19(16-10-4-1-5-11-16)24-21(25-20)26(17-12-6-2-7-13-17)18-14-8-3-9-15-18/h1-2,4-7,10-13,18H,3,8-9,14-15H2,(H2,22,23,24,25). The third kappa shape index (κ3) is 3.52. The molecule has 1 fully saturated rings. The van der Waals surface area contributed by atoms with E-state index in [0.29, 0.717) is 17.8 Å².